The number of benzene rings is 3. The van der Waals surface area contributed by atoms with E-state index in [-0.39, 0.29) is 35.4 Å². The highest BCUT2D eigenvalue weighted by atomic mass is 16.6. The predicted molar refractivity (Wildman–Crippen MR) is 172 cm³/mol. The third-order valence-corrected chi connectivity index (χ3v) is 8.28. The Morgan fingerprint density at radius 2 is 1.45 bits per heavy atom. The fourth-order valence-corrected chi connectivity index (χ4v) is 6.23. The third kappa shape index (κ3) is 5.73. The molecule has 232 valence electrons. The first-order valence-electron chi connectivity index (χ1n) is 15.0. The molecule has 0 aliphatic carbocycles. The van der Waals surface area contributed by atoms with Crippen molar-refractivity contribution in [3.05, 3.63) is 95.1 Å². The molecule has 5 aromatic rings. The fourth-order valence-electron chi connectivity index (χ4n) is 6.23. The number of phenolic OH excluding ortho intramolecular Hbond substituents is 1. The van der Waals surface area contributed by atoms with Crippen molar-refractivity contribution < 1.29 is 24.2 Å². The van der Waals surface area contributed by atoms with Gasteiger partial charge in [0.05, 0.1) is 5.56 Å². The highest BCUT2D eigenvalue weighted by molar-refractivity contribution is 5.94. The topological polar surface area (TPSA) is 86.6 Å². The number of carbonyl (C=O) groups excluding carboxylic acids is 2. The summed E-state index contributed by atoms with van der Waals surface area (Å²) in [5.41, 5.74) is 5.70. The van der Waals surface area contributed by atoms with E-state index < -0.39 is 17.4 Å². The van der Waals surface area contributed by atoms with Gasteiger partial charge in [-0.15, -0.1) is 14.1 Å². The largest absolute Gasteiger partial charge is 0.505 e. The monoisotopic (exact) mass is 597 g/mol. The molecular weight excluding hydrogens is 554 g/mol. The Labute approximate surface area is 258 Å². The van der Waals surface area contributed by atoms with Gasteiger partial charge in [0.2, 0.25) is 0 Å². The molecule has 0 unspecified atom stereocenters. The smallest absolute Gasteiger partial charge is 0.338 e. The van der Waals surface area contributed by atoms with E-state index in [2.05, 4.69) is 79.3 Å². The van der Waals surface area contributed by atoms with Crippen molar-refractivity contribution in [3.8, 4) is 11.4 Å². The van der Waals surface area contributed by atoms with Crippen molar-refractivity contribution in [1.29, 1.82) is 0 Å². The van der Waals surface area contributed by atoms with Crippen LogP contribution < -0.4 is 0 Å². The summed E-state index contributed by atoms with van der Waals surface area (Å²) in [5.74, 6) is -0.807. The number of fused-ring (bicyclic) bond motifs is 4. The molecule has 2 heterocycles. The quantitative estimate of drug-likeness (QED) is 0.103. The van der Waals surface area contributed by atoms with Gasteiger partial charge in [-0.2, -0.15) is 0 Å². The van der Waals surface area contributed by atoms with Crippen molar-refractivity contribution in [2.24, 2.45) is 5.41 Å². The van der Waals surface area contributed by atoms with Crippen LogP contribution in [0.5, 0.6) is 5.75 Å². The molecule has 0 saturated carbocycles. The minimum Gasteiger partial charge on any atom is -0.505 e. The molecule has 2 aromatic heterocycles. The van der Waals surface area contributed by atoms with E-state index in [4.69, 9.17) is 9.47 Å². The number of esters is 2. The van der Waals surface area contributed by atoms with Crippen LogP contribution in [0.25, 0.3) is 16.7 Å². The van der Waals surface area contributed by atoms with Gasteiger partial charge in [-0.3, -0.25) is 0 Å². The van der Waals surface area contributed by atoms with Gasteiger partial charge in [-0.05, 0) is 59.6 Å². The zero-order chi connectivity index (χ0) is 32.2. The van der Waals surface area contributed by atoms with Crippen LogP contribution in [0.1, 0.15) is 88.9 Å². The maximum absolute atomic E-state index is 12.7. The maximum Gasteiger partial charge on any atom is 0.338 e. The van der Waals surface area contributed by atoms with Gasteiger partial charge < -0.3 is 14.6 Å². The Kier molecular flexibility index (Phi) is 7.69. The first kappa shape index (κ1) is 31.0. The fraction of sp³-hybridized carbons (Fsp3) is 0.389. The Bertz CT molecular complexity index is 1840. The average molecular weight is 598 g/mol. The zero-order valence-electron chi connectivity index (χ0n) is 27.0. The lowest BCUT2D eigenvalue weighted by Gasteiger charge is -2.35. The second kappa shape index (κ2) is 10.9. The van der Waals surface area contributed by atoms with Gasteiger partial charge in [-0.25, -0.2) is 9.59 Å². The molecule has 0 aliphatic heterocycles. The lowest BCUT2D eigenvalue weighted by molar-refractivity contribution is -0.140. The van der Waals surface area contributed by atoms with E-state index in [1.165, 1.54) is 0 Å². The molecule has 0 radical (unpaired) electrons. The van der Waals surface area contributed by atoms with Gasteiger partial charge in [0.15, 0.2) is 0 Å². The van der Waals surface area contributed by atoms with Crippen LogP contribution in [0, 0.1) is 5.41 Å². The van der Waals surface area contributed by atoms with E-state index in [0.29, 0.717) is 11.3 Å². The normalized spacial score (nSPS) is 12.7. The molecule has 8 heteroatoms. The number of hydrogen-bond donors (Lipinski definition) is 1. The molecule has 8 nitrogen and oxygen atoms in total. The zero-order valence-corrected chi connectivity index (χ0v) is 27.0. The summed E-state index contributed by atoms with van der Waals surface area (Å²) < 4.78 is 14.2. The van der Waals surface area contributed by atoms with Crippen LogP contribution in [0.2, 0.25) is 0 Å². The molecule has 1 N–H and O–H groups in total. The van der Waals surface area contributed by atoms with E-state index in [0.717, 1.165) is 34.1 Å². The summed E-state index contributed by atoms with van der Waals surface area (Å²) in [4.78, 5) is 26.2. The minimum atomic E-state index is -0.520. The van der Waals surface area contributed by atoms with Crippen molar-refractivity contribution in [3.63, 3.8) is 0 Å². The molecule has 0 fully saturated rings. The van der Waals surface area contributed by atoms with Gasteiger partial charge >= 0.3 is 11.9 Å². The van der Waals surface area contributed by atoms with Crippen LogP contribution in [0.3, 0.4) is 0 Å². The van der Waals surface area contributed by atoms with Crippen molar-refractivity contribution in [2.75, 3.05) is 13.2 Å². The summed E-state index contributed by atoms with van der Waals surface area (Å²) in [6, 6.07) is 19.9. The van der Waals surface area contributed by atoms with Crippen LogP contribution in [-0.2, 0) is 25.1 Å². The SMILES string of the molecule is C=C(C)C(=O)OCCOC(=O)c1ccc2c(c1)n1n(-c3cc(C(C)(C)CC(C)(C)C)cc(C(C)(C)c4ccccc4)c3O)n21. The molecule has 0 amide bonds. The Hall–Kier alpha value is -4.46. The van der Waals surface area contributed by atoms with Crippen molar-refractivity contribution in [2.45, 2.75) is 72.6 Å². The molecule has 5 rings (SSSR count). The standard InChI is InChI=1S/C36H43N3O5/c1-23(2)32(41)43-17-18-44-33(42)24-15-16-28-29(19-24)38-37(28)39(38)30-21-26(35(6,7)22-34(3,4)5)20-27(31(30)40)36(8,9)25-13-11-10-12-14-25/h10-16,19-21,40H,1,17-18,22H2,2-9H3. The molecule has 0 saturated heterocycles. The molecule has 3 aromatic carbocycles. The number of aromatic hydroxyl groups is 1. The number of aromatic nitrogens is 3. The molecule has 0 spiro atoms. The number of hydrogen-bond acceptors (Lipinski definition) is 5. The summed E-state index contributed by atoms with van der Waals surface area (Å²) >= 11 is 0. The maximum atomic E-state index is 12.7. The van der Waals surface area contributed by atoms with Crippen LogP contribution in [0.4, 0.5) is 0 Å². The lowest BCUT2D eigenvalue weighted by Crippen LogP contribution is -2.27. The Morgan fingerprint density at radius 3 is 2.09 bits per heavy atom. The van der Waals surface area contributed by atoms with Gasteiger partial charge in [-0.1, -0.05) is 91.4 Å². The summed E-state index contributed by atoms with van der Waals surface area (Å²) in [7, 11) is 0. The molecule has 0 aliphatic rings. The molecule has 44 heavy (non-hydrogen) atoms. The van der Waals surface area contributed by atoms with E-state index in [1.54, 1.807) is 19.1 Å². The average Bonchev–Trinajstić information content (AvgIpc) is 3.61. The predicted octanol–water partition coefficient (Wildman–Crippen LogP) is 7.44. The number of carbonyl (C=O) groups is 2. The highest BCUT2D eigenvalue weighted by Gasteiger charge is 2.36. The van der Waals surface area contributed by atoms with Gasteiger partial charge in [0.25, 0.3) is 0 Å². The first-order valence-corrected chi connectivity index (χ1v) is 15.0. The molecular formula is C36H43N3O5. The Balaban J connectivity index is 1.52. The van der Waals surface area contributed by atoms with E-state index >= 15 is 0 Å². The van der Waals surface area contributed by atoms with Gasteiger partial charge in [0, 0.05) is 16.6 Å². The van der Waals surface area contributed by atoms with Crippen LogP contribution in [-0.4, -0.2) is 44.3 Å². The number of phenols is 1. The number of ether oxygens (including phenoxy) is 2. The van der Waals surface area contributed by atoms with Crippen molar-refractivity contribution in [1.82, 2.24) is 14.1 Å². The minimum absolute atomic E-state index is 0.0428. The first-order chi connectivity index (χ1) is 20.5. The second-order valence-electron chi connectivity index (χ2n) is 14.1. The number of nitrogens with zero attached hydrogens (tertiary/aromatic N) is 3. The molecule has 0 atom stereocenters. The summed E-state index contributed by atoms with van der Waals surface area (Å²) in [5, 5.41) is 11.9. The van der Waals surface area contributed by atoms with Crippen LogP contribution >= 0.6 is 0 Å². The van der Waals surface area contributed by atoms with E-state index in [9.17, 15) is 14.7 Å². The van der Waals surface area contributed by atoms with Gasteiger partial charge in [0.1, 0.15) is 35.7 Å². The number of rotatable bonds is 10. The summed E-state index contributed by atoms with van der Waals surface area (Å²) in [6.45, 7) is 20.6. The highest BCUT2D eigenvalue weighted by Crippen LogP contribution is 2.46. The molecule has 0 bridgehead atoms. The Morgan fingerprint density at radius 1 is 0.818 bits per heavy atom. The lowest BCUT2D eigenvalue weighted by atomic mass is 9.70. The third-order valence-electron chi connectivity index (χ3n) is 8.28. The van der Waals surface area contributed by atoms with Crippen molar-refractivity contribution >= 4 is 23.0 Å². The van der Waals surface area contributed by atoms with E-state index in [1.807, 2.05) is 38.3 Å². The summed E-state index contributed by atoms with van der Waals surface area (Å²) in [6.07, 6.45) is 0.959. The second-order valence-corrected chi connectivity index (χ2v) is 14.1. The van der Waals surface area contributed by atoms with Crippen LogP contribution in [0.15, 0.2) is 72.8 Å².